The molecule has 48 heavy (non-hydrogen) atoms. The van der Waals surface area contributed by atoms with Gasteiger partial charge in [0.15, 0.2) is 0 Å². The molecule has 1 radical (unpaired) electrons. The first kappa shape index (κ1) is 32.6. The standard InChI is InChI=1S/C22H18N3O.C19H26NSi.Ir/c1-13(2)25-19-10-5-4-9-18(19)24-21(25)17-8-6-7-15-16-12-11-14(3)23-22(16)26-20(15)17;1-19(2,3)13-16-12-17(15-10-8-7-9-11-15)20-14-18(16)21(4,5)6;/h4-7,9-13H,1-3H3;7-10,12,14H,13H2,1-6H3;/q2*-1;/i;13D2;. The Labute approximate surface area is 302 Å². The van der Waals surface area contributed by atoms with Gasteiger partial charge < -0.3 is 14.0 Å². The Morgan fingerprint density at radius 2 is 1.67 bits per heavy atom. The molecule has 4 heterocycles. The number of aromatic nitrogens is 4. The fourth-order valence-corrected chi connectivity index (χ4v) is 7.28. The first-order valence-corrected chi connectivity index (χ1v) is 19.7. The largest absolute Gasteiger partial charge is 0.486 e. The van der Waals surface area contributed by atoms with Gasteiger partial charge in [0.05, 0.1) is 30.5 Å². The van der Waals surface area contributed by atoms with Crippen LogP contribution in [0.5, 0.6) is 0 Å². The molecule has 0 aliphatic carbocycles. The van der Waals surface area contributed by atoms with Gasteiger partial charge in [0, 0.05) is 46.2 Å². The molecule has 0 fully saturated rings. The number of hydrogen-bond donors (Lipinski definition) is 0. The molecule has 0 spiro atoms. The Morgan fingerprint density at radius 3 is 2.35 bits per heavy atom. The zero-order valence-corrected chi connectivity index (χ0v) is 32.6. The average Bonchev–Trinajstić information content (AvgIpc) is 3.62. The van der Waals surface area contributed by atoms with E-state index >= 15 is 0 Å². The molecule has 5 nitrogen and oxygen atoms in total. The summed E-state index contributed by atoms with van der Waals surface area (Å²) in [5, 5.41) is 3.16. The van der Waals surface area contributed by atoms with Crippen LogP contribution in [0.1, 0.15) is 54.7 Å². The first-order chi connectivity index (χ1) is 23.1. The van der Waals surface area contributed by atoms with Crippen molar-refractivity contribution in [3.8, 4) is 22.6 Å². The maximum absolute atomic E-state index is 8.75. The fourth-order valence-electron chi connectivity index (χ4n) is 5.88. The van der Waals surface area contributed by atoms with E-state index in [0.717, 1.165) is 66.5 Å². The van der Waals surface area contributed by atoms with Crippen molar-refractivity contribution in [1.82, 2.24) is 19.5 Å². The molecule has 0 amide bonds. The molecule has 0 bridgehead atoms. The van der Waals surface area contributed by atoms with Crippen molar-refractivity contribution >= 4 is 46.4 Å². The van der Waals surface area contributed by atoms with E-state index in [1.807, 2.05) is 101 Å². The van der Waals surface area contributed by atoms with Gasteiger partial charge >= 0.3 is 0 Å². The van der Waals surface area contributed by atoms with E-state index in [1.54, 1.807) is 0 Å². The summed E-state index contributed by atoms with van der Waals surface area (Å²) in [6.07, 6.45) is 0.469. The fraction of sp³-hybridized carbons (Fsp3) is 0.293. The third kappa shape index (κ3) is 7.39. The van der Waals surface area contributed by atoms with Gasteiger partial charge in [-0.3, -0.25) is 4.98 Å². The van der Waals surface area contributed by atoms with Gasteiger partial charge in [-0.05, 0) is 67.7 Å². The molecule has 7 heteroatoms. The minimum Gasteiger partial charge on any atom is -0.486 e. The van der Waals surface area contributed by atoms with Crippen LogP contribution < -0.4 is 5.19 Å². The molecule has 0 atom stereocenters. The van der Waals surface area contributed by atoms with Crippen molar-refractivity contribution in [2.45, 2.75) is 73.6 Å². The zero-order chi connectivity index (χ0) is 35.3. The summed E-state index contributed by atoms with van der Waals surface area (Å²) in [5.41, 5.74) is 7.35. The molecule has 0 aliphatic rings. The molecule has 7 rings (SSSR count). The monoisotopic (exact) mass is 831 g/mol. The van der Waals surface area contributed by atoms with Gasteiger partial charge in [0.2, 0.25) is 5.71 Å². The van der Waals surface area contributed by atoms with Gasteiger partial charge in [-0.1, -0.05) is 75.1 Å². The van der Waals surface area contributed by atoms with E-state index < -0.39 is 19.9 Å². The minimum absolute atomic E-state index is 0. The number of hydrogen-bond acceptors (Lipinski definition) is 4. The third-order valence-corrected chi connectivity index (χ3v) is 9.99. The van der Waals surface area contributed by atoms with Gasteiger partial charge in [0.25, 0.3) is 0 Å². The summed E-state index contributed by atoms with van der Waals surface area (Å²) < 4.78 is 25.9. The van der Waals surface area contributed by atoms with Crippen molar-refractivity contribution < 1.29 is 27.3 Å². The Kier molecular flexibility index (Phi) is 9.46. The van der Waals surface area contributed by atoms with Crippen molar-refractivity contribution in [1.29, 1.82) is 0 Å². The number of nitrogens with zero attached hydrogens (tertiary/aromatic N) is 4. The maximum atomic E-state index is 8.75. The summed E-state index contributed by atoms with van der Waals surface area (Å²) >= 11 is 0. The molecule has 4 aromatic heterocycles. The van der Waals surface area contributed by atoms with Crippen LogP contribution >= 0.6 is 0 Å². The Morgan fingerprint density at radius 1 is 0.917 bits per heavy atom. The number of imidazole rings is 1. The Balaban J connectivity index is 0.000000192. The van der Waals surface area contributed by atoms with Crippen LogP contribution in [0.2, 0.25) is 19.6 Å². The van der Waals surface area contributed by atoms with Crippen LogP contribution in [0.4, 0.5) is 0 Å². The van der Waals surface area contributed by atoms with E-state index in [0.29, 0.717) is 5.71 Å². The molecule has 249 valence electrons. The minimum atomic E-state index is -1.70. The molecule has 0 N–H and O–H groups in total. The van der Waals surface area contributed by atoms with Crippen LogP contribution in [0.25, 0.3) is 55.7 Å². The second kappa shape index (κ2) is 13.9. The zero-order valence-electron chi connectivity index (χ0n) is 31.2. The normalized spacial score (nSPS) is 12.9. The van der Waals surface area contributed by atoms with Crippen molar-refractivity contribution in [2.75, 3.05) is 0 Å². The summed E-state index contributed by atoms with van der Waals surface area (Å²) in [5.74, 6) is 0.877. The second-order valence-electron chi connectivity index (χ2n) is 14.4. The van der Waals surface area contributed by atoms with Crippen LogP contribution in [0.15, 0.2) is 89.5 Å². The number of fused-ring (bicyclic) bond motifs is 4. The van der Waals surface area contributed by atoms with Gasteiger partial charge in [-0.15, -0.1) is 54.1 Å². The van der Waals surface area contributed by atoms with E-state index in [1.165, 1.54) is 0 Å². The van der Waals surface area contributed by atoms with Gasteiger partial charge in [0.1, 0.15) is 0 Å². The topological polar surface area (TPSA) is 56.7 Å². The van der Waals surface area contributed by atoms with Crippen molar-refractivity contribution in [3.63, 3.8) is 0 Å². The third-order valence-electron chi connectivity index (χ3n) is 7.98. The van der Waals surface area contributed by atoms with Crippen molar-refractivity contribution in [2.24, 2.45) is 5.41 Å². The van der Waals surface area contributed by atoms with Crippen LogP contribution in [-0.4, -0.2) is 27.6 Å². The predicted octanol–water partition coefficient (Wildman–Crippen LogP) is 10.4. The number of benzene rings is 3. The number of para-hydroxylation sites is 2. The smallest absolute Gasteiger partial charge is 0.216 e. The quantitative estimate of drug-likeness (QED) is 0.128. The molecule has 0 aliphatic heterocycles. The average molecular weight is 831 g/mol. The van der Waals surface area contributed by atoms with Crippen LogP contribution in [0.3, 0.4) is 0 Å². The van der Waals surface area contributed by atoms with E-state index in [2.05, 4.69) is 72.3 Å². The number of pyridine rings is 2. The number of rotatable bonds is 5. The van der Waals surface area contributed by atoms with Crippen molar-refractivity contribution in [3.05, 3.63) is 108 Å². The summed E-state index contributed by atoms with van der Waals surface area (Å²) in [7, 11) is -1.70. The van der Waals surface area contributed by atoms with E-state index in [9.17, 15) is 0 Å². The van der Waals surface area contributed by atoms with E-state index in [4.69, 9.17) is 12.1 Å². The number of furan rings is 1. The molecule has 0 saturated carbocycles. The van der Waals surface area contributed by atoms with Gasteiger partial charge in [-0.2, -0.15) is 0 Å². The van der Waals surface area contributed by atoms with Crippen LogP contribution in [0, 0.1) is 24.5 Å². The molecule has 3 aromatic carbocycles. The Hall–Kier alpha value is -3.90. The molecule has 7 aromatic rings. The number of aryl methyl sites for hydroxylation is 1. The molecular formula is C41H44IrN4OSi-2. The molecule has 0 saturated heterocycles. The first-order valence-electron chi connectivity index (χ1n) is 17.2. The maximum Gasteiger partial charge on any atom is 0.216 e. The summed E-state index contributed by atoms with van der Waals surface area (Å²) in [6.45, 7) is 18.9. The molecule has 0 unspecified atom stereocenters. The SMILES string of the molecule is Cc1ccc2c(n1)oc1c(-c3nc4ccccc4n3C(C)C)[c-]ccc12.[2H]C([2H])(c1cc(-c2[c-]cccc2)ncc1[Si](C)(C)C)C(C)(C)C.[Ir]. The summed E-state index contributed by atoms with van der Waals surface area (Å²) in [4.78, 5) is 14.0. The predicted molar refractivity (Wildman–Crippen MR) is 199 cm³/mol. The Bertz CT molecular complexity index is 2280. The molecular weight excluding hydrogens is 785 g/mol. The van der Waals surface area contributed by atoms with Gasteiger partial charge in [-0.25, -0.2) is 4.98 Å². The van der Waals surface area contributed by atoms with Crippen LogP contribution in [-0.2, 0) is 26.5 Å². The van der Waals surface area contributed by atoms with E-state index in [-0.39, 0.29) is 26.1 Å². The summed E-state index contributed by atoms with van der Waals surface area (Å²) in [6, 6.07) is 32.7. The second-order valence-corrected chi connectivity index (χ2v) is 19.4.